The predicted molar refractivity (Wildman–Crippen MR) is 61.6 cm³/mol. The summed E-state index contributed by atoms with van der Waals surface area (Å²) in [6.45, 7) is 4.48. The summed E-state index contributed by atoms with van der Waals surface area (Å²) in [4.78, 5) is 11.0. The van der Waals surface area contributed by atoms with Crippen molar-refractivity contribution in [3.05, 3.63) is 29.8 Å². The number of alkyl carbamates (subject to hydrolysis) is 1. The lowest BCUT2D eigenvalue weighted by molar-refractivity contribution is 0.167. The molecule has 1 aromatic carbocycles. The Labute approximate surface area is 95.6 Å². The highest BCUT2D eigenvalue weighted by molar-refractivity contribution is 5.67. The summed E-state index contributed by atoms with van der Waals surface area (Å²) in [5.41, 5.74) is 1.01. The highest BCUT2D eigenvalue weighted by Gasteiger charge is 2.08. The summed E-state index contributed by atoms with van der Waals surface area (Å²) < 4.78 is 9.86. The van der Waals surface area contributed by atoms with Crippen molar-refractivity contribution in [2.45, 2.75) is 19.9 Å². The molecular weight excluding hydrogens is 206 g/mol. The van der Waals surface area contributed by atoms with E-state index in [9.17, 15) is 4.79 Å². The molecule has 0 aliphatic rings. The number of amides is 1. The van der Waals surface area contributed by atoms with Gasteiger partial charge in [-0.2, -0.15) is 0 Å². The molecule has 1 rings (SSSR count). The maximum absolute atomic E-state index is 11.0. The van der Waals surface area contributed by atoms with Crippen LogP contribution in [-0.2, 0) is 4.74 Å². The van der Waals surface area contributed by atoms with Gasteiger partial charge >= 0.3 is 6.09 Å². The number of hydrogen-bond acceptors (Lipinski definition) is 3. The van der Waals surface area contributed by atoms with E-state index in [2.05, 4.69) is 10.1 Å². The normalized spacial score (nSPS) is 11.7. The van der Waals surface area contributed by atoms with E-state index in [-0.39, 0.29) is 6.04 Å². The molecule has 1 N–H and O–H groups in total. The molecule has 4 heteroatoms. The molecule has 1 atom stereocenters. The Balaban J connectivity index is 2.62. The molecule has 1 aromatic rings. The molecule has 0 spiro atoms. The lowest BCUT2D eigenvalue weighted by Crippen LogP contribution is -2.26. The van der Waals surface area contributed by atoms with Crippen molar-refractivity contribution in [3.63, 3.8) is 0 Å². The number of carbonyl (C=O) groups is 1. The van der Waals surface area contributed by atoms with Crippen molar-refractivity contribution in [3.8, 4) is 5.75 Å². The van der Waals surface area contributed by atoms with Crippen LogP contribution in [0.25, 0.3) is 0 Å². The largest absolute Gasteiger partial charge is 0.494 e. The fourth-order valence-electron chi connectivity index (χ4n) is 1.34. The fraction of sp³-hybridized carbons (Fsp3) is 0.417. The summed E-state index contributed by atoms with van der Waals surface area (Å²) in [5.74, 6) is 0.830. The first kappa shape index (κ1) is 12.4. The number of carbonyl (C=O) groups excluding carboxylic acids is 1. The standard InChI is InChI=1S/C12H17NO3/c1-4-16-11-7-5-10(6-8-11)9(2)13-12(14)15-3/h5-9H,4H2,1-3H3,(H,13,14)/t9-/m1/s1. The van der Waals surface area contributed by atoms with Crippen LogP contribution in [0.5, 0.6) is 5.75 Å². The van der Waals surface area contributed by atoms with Crippen LogP contribution in [0.1, 0.15) is 25.5 Å². The first-order valence-electron chi connectivity index (χ1n) is 5.24. The highest BCUT2D eigenvalue weighted by Crippen LogP contribution is 2.17. The van der Waals surface area contributed by atoms with Crippen LogP contribution in [0.4, 0.5) is 4.79 Å². The molecule has 0 fully saturated rings. The van der Waals surface area contributed by atoms with E-state index in [0.717, 1.165) is 11.3 Å². The minimum absolute atomic E-state index is 0.0804. The number of hydrogen-bond donors (Lipinski definition) is 1. The molecule has 0 bridgehead atoms. The maximum atomic E-state index is 11.0. The minimum Gasteiger partial charge on any atom is -0.494 e. The summed E-state index contributed by atoms with van der Waals surface area (Å²) in [6.07, 6.45) is -0.429. The Morgan fingerprint density at radius 1 is 1.38 bits per heavy atom. The van der Waals surface area contributed by atoms with E-state index in [1.54, 1.807) is 0 Å². The van der Waals surface area contributed by atoms with E-state index in [4.69, 9.17) is 4.74 Å². The molecule has 16 heavy (non-hydrogen) atoms. The molecule has 0 unspecified atom stereocenters. The van der Waals surface area contributed by atoms with Gasteiger partial charge in [-0.25, -0.2) is 4.79 Å². The summed E-state index contributed by atoms with van der Waals surface area (Å²) >= 11 is 0. The summed E-state index contributed by atoms with van der Waals surface area (Å²) in [5, 5.41) is 2.70. The van der Waals surface area contributed by atoms with Gasteiger partial charge in [-0.3, -0.25) is 0 Å². The number of rotatable bonds is 4. The number of methoxy groups -OCH3 is 1. The SMILES string of the molecule is CCOc1ccc([C@@H](C)NC(=O)OC)cc1. The lowest BCUT2D eigenvalue weighted by Gasteiger charge is -2.13. The monoisotopic (exact) mass is 223 g/mol. The van der Waals surface area contributed by atoms with E-state index < -0.39 is 6.09 Å². The van der Waals surface area contributed by atoms with Crippen LogP contribution < -0.4 is 10.1 Å². The molecule has 0 radical (unpaired) electrons. The van der Waals surface area contributed by atoms with Crippen molar-refractivity contribution in [1.29, 1.82) is 0 Å². The van der Waals surface area contributed by atoms with Gasteiger partial charge < -0.3 is 14.8 Å². The molecule has 0 heterocycles. The maximum Gasteiger partial charge on any atom is 0.407 e. The van der Waals surface area contributed by atoms with Gasteiger partial charge in [0.05, 0.1) is 19.8 Å². The fourth-order valence-corrected chi connectivity index (χ4v) is 1.34. The number of nitrogens with one attached hydrogen (secondary N) is 1. The second-order valence-electron chi connectivity index (χ2n) is 3.36. The van der Waals surface area contributed by atoms with Crippen LogP contribution in [0.3, 0.4) is 0 Å². The molecule has 4 nitrogen and oxygen atoms in total. The molecular formula is C12H17NO3. The van der Waals surface area contributed by atoms with Crippen LogP contribution >= 0.6 is 0 Å². The van der Waals surface area contributed by atoms with Crippen LogP contribution in [0, 0.1) is 0 Å². The minimum atomic E-state index is -0.429. The Bertz CT molecular complexity index is 335. The van der Waals surface area contributed by atoms with Gasteiger partial charge in [0.25, 0.3) is 0 Å². The smallest absolute Gasteiger partial charge is 0.407 e. The van der Waals surface area contributed by atoms with Crippen molar-refractivity contribution < 1.29 is 14.3 Å². The summed E-state index contributed by atoms with van der Waals surface area (Å²) in [7, 11) is 1.35. The highest BCUT2D eigenvalue weighted by atomic mass is 16.5. The molecule has 1 amide bonds. The molecule has 0 aliphatic heterocycles. The van der Waals surface area contributed by atoms with Crippen LogP contribution in [-0.4, -0.2) is 19.8 Å². The summed E-state index contributed by atoms with van der Waals surface area (Å²) in [6, 6.07) is 7.53. The molecule has 0 saturated heterocycles. The molecule has 0 aromatic heterocycles. The first-order valence-corrected chi connectivity index (χ1v) is 5.24. The van der Waals surface area contributed by atoms with Gasteiger partial charge in [0.2, 0.25) is 0 Å². The van der Waals surface area contributed by atoms with Gasteiger partial charge in [0, 0.05) is 0 Å². The van der Waals surface area contributed by atoms with Crippen LogP contribution in [0.2, 0.25) is 0 Å². The first-order chi connectivity index (χ1) is 7.67. The zero-order chi connectivity index (χ0) is 12.0. The quantitative estimate of drug-likeness (QED) is 0.853. The van der Waals surface area contributed by atoms with Crippen molar-refractivity contribution >= 4 is 6.09 Å². The Morgan fingerprint density at radius 3 is 2.50 bits per heavy atom. The zero-order valence-electron chi connectivity index (χ0n) is 9.82. The van der Waals surface area contributed by atoms with Gasteiger partial charge in [0.1, 0.15) is 5.75 Å². The van der Waals surface area contributed by atoms with Gasteiger partial charge in [-0.05, 0) is 31.5 Å². The van der Waals surface area contributed by atoms with E-state index in [0.29, 0.717) is 6.61 Å². The third-order valence-electron chi connectivity index (χ3n) is 2.21. The van der Waals surface area contributed by atoms with Gasteiger partial charge in [-0.1, -0.05) is 12.1 Å². The Kier molecular flexibility index (Phi) is 4.64. The van der Waals surface area contributed by atoms with E-state index in [1.807, 2.05) is 38.1 Å². The van der Waals surface area contributed by atoms with Crippen molar-refractivity contribution in [1.82, 2.24) is 5.32 Å². The van der Waals surface area contributed by atoms with E-state index >= 15 is 0 Å². The van der Waals surface area contributed by atoms with Crippen molar-refractivity contribution in [2.24, 2.45) is 0 Å². The number of benzene rings is 1. The zero-order valence-corrected chi connectivity index (χ0v) is 9.82. The molecule has 88 valence electrons. The topological polar surface area (TPSA) is 47.6 Å². The molecule has 0 saturated carbocycles. The predicted octanol–water partition coefficient (Wildman–Crippen LogP) is 2.50. The third-order valence-corrected chi connectivity index (χ3v) is 2.21. The lowest BCUT2D eigenvalue weighted by atomic mass is 10.1. The average molecular weight is 223 g/mol. The van der Waals surface area contributed by atoms with Crippen molar-refractivity contribution in [2.75, 3.05) is 13.7 Å². The molecule has 0 aliphatic carbocycles. The van der Waals surface area contributed by atoms with Crippen LogP contribution in [0.15, 0.2) is 24.3 Å². The Morgan fingerprint density at radius 2 is 2.00 bits per heavy atom. The second kappa shape index (κ2) is 6.00. The number of ether oxygens (including phenoxy) is 2. The average Bonchev–Trinajstić information content (AvgIpc) is 2.30. The second-order valence-corrected chi connectivity index (χ2v) is 3.36. The third kappa shape index (κ3) is 3.46. The van der Waals surface area contributed by atoms with E-state index in [1.165, 1.54) is 7.11 Å². The van der Waals surface area contributed by atoms with Gasteiger partial charge in [-0.15, -0.1) is 0 Å². The Hall–Kier alpha value is -1.71. The van der Waals surface area contributed by atoms with Gasteiger partial charge in [0.15, 0.2) is 0 Å².